The van der Waals surface area contributed by atoms with Crippen molar-refractivity contribution in [3.05, 3.63) is 34.9 Å². The van der Waals surface area contributed by atoms with Gasteiger partial charge >= 0.3 is 0 Å². The predicted octanol–water partition coefficient (Wildman–Crippen LogP) is 2.16. The molecule has 6 heteroatoms. The first-order chi connectivity index (χ1) is 9.70. The summed E-state index contributed by atoms with van der Waals surface area (Å²) in [5, 5.41) is 10.9. The molecule has 0 aromatic carbocycles. The maximum atomic E-state index is 5.78. The zero-order chi connectivity index (χ0) is 14.4. The molecule has 0 atom stereocenters. The van der Waals surface area contributed by atoms with Gasteiger partial charge in [0.25, 0.3) is 0 Å². The first kappa shape index (κ1) is 14.5. The maximum absolute atomic E-state index is 5.78. The molecular weight excluding hydrogens is 256 g/mol. The van der Waals surface area contributed by atoms with Gasteiger partial charge in [-0.1, -0.05) is 17.2 Å². The lowest BCUT2D eigenvalue weighted by atomic mass is 10.2. The van der Waals surface area contributed by atoms with Crippen LogP contribution in [0, 0.1) is 13.8 Å². The number of nitrogens with zero attached hydrogens (tertiary/aromatic N) is 3. The molecule has 2 aromatic heterocycles. The van der Waals surface area contributed by atoms with Gasteiger partial charge in [0.1, 0.15) is 23.7 Å². The molecule has 1 N–H and O–H groups in total. The van der Waals surface area contributed by atoms with Gasteiger partial charge in [0.2, 0.25) is 0 Å². The summed E-state index contributed by atoms with van der Waals surface area (Å²) in [5.41, 5.74) is 3.34. The molecule has 20 heavy (non-hydrogen) atoms. The summed E-state index contributed by atoms with van der Waals surface area (Å²) >= 11 is 0. The fourth-order valence-corrected chi connectivity index (χ4v) is 1.77. The fourth-order valence-electron chi connectivity index (χ4n) is 1.77. The molecule has 2 rings (SSSR count). The minimum atomic E-state index is 0.334. The van der Waals surface area contributed by atoms with Crippen molar-refractivity contribution in [1.82, 2.24) is 20.6 Å². The zero-order valence-electron chi connectivity index (χ0n) is 12.1. The van der Waals surface area contributed by atoms with Gasteiger partial charge in [-0.3, -0.25) is 4.98 Å². The number of nitrogens with one attached hydrogen (secondary N) is 1. The molecule has 0 aliphatic carbocycles. The molecule has 2 heterocycles. The molecule has 0 amide bonds. The molecule has 0 bridgehead atoms. The highest BCUT2D eigenvalue weighted by atomic mass is 16.6. The molecule has 0 radical (unpaired) electrons. The second-order valence-electron chi connectivity index (χ2n) is 4.66. The third-order valence-corrected chi connectivity index (χ3v) is 2.90. The van der Waals surface area contributed by atoms with E-state index in [4.69, 9.17) is 4.74 Å². The highest BCUT2D eigenvalue weighted by molar-refractivity contribution is 5.29. The van der Waals surface area contributed by atoms with Gasteiger partial charge in [-0.25, -0.2) is 4.63 Å². The molecule has 0 saturated carbocycles. The Morgan fingerprint density at radius 3 is 2.75 bits per heavy atom. The van der Waals surface area contributed by atoms with Gasteiger partial charge in [-0.05, 0) is 38.9 Å². The Balaban J connectivity index is 2.04. The lowest BCUT2D eigenvalue weighted by Gasteiger charge is -2.11. The second kappa shape index (κ2) is 7.00. The van der Waals surface area contributed by atoms with Gasteiger partial charge < -0.3 is 10.1 Å². The normalized spacial score (nSPS) is 10.8. The van der Waals surface area contributed by atoms with E-state index in [0.717, 1.165) is 35.8 Å². The van der Waals surface area contributed by atoms with Crippen LogP contribution in [0.1, 0.15) is 36.1 Å². The molecule has 2 aromatic rings. The van der Waals surface area contributed by atoms with E-state index in [9.17, 15) is 0 Å². The van der Waals surface area contributed by atoms with Crippen LogP contribution in [0.4, 0.5) is 0 Å². The van der Waals surface area contributed by atoms with E-state index in [1.807, 2.05) is 26.0 Å². The number of ether oxygens (including phenoxy) is 1. The van der Waals surface area contributed by atoms with Crippen LogP contribution in [0.15, 0.2) is 16.8 Å². The van der Waals surface area contributed by atoms with E-state index in [1.54, 1.807) is 0 Å². The predicted molar refractivity (Wildman–Crippen MR) is 74.3 cm³/mol. The molecule has 0 saturated heterocycles. The summed E-state index contributed by atoms with van der Waals surface area (Å²) in [6.45, 7) is 7.93. The summed E-state index contributed by atoms with van der Waals surface area (Å²) in [4.78, 5) is 4.52. The Kier molecular flexibility index (Phi) is 5.06. The second-order valence-corrected chi connectivity index (χ2v) is 4.66. The summed E-state index contributed by atoms with van der Waals surface area (Å²) < 4.78 is 10.4. The minimum Gasteiger partial charge on any atom is -0.485 e. The van der Waals surface area contributed by atoms with Crippen molar-refractivity contribution < 1.29 is 9.37 Å². The first-order valence-electron chi connectivity index (χ1n) is 6.78. The Labute approximate surface area is 118 Å². The monoisotopic (exact) mass is 276 g/mol. The van der Waals surface area contributed by atoms with E-state index in [2.05, 4.69) is 32.2 Å². The van der Waals surface area contributed by atoms with Crippen LogP contribution in [0.5, 0.6) is 5.75 Å². The van der Waals surface area contributed by atoms with E-state index in [1.165, 1.54) is 0 Å². The molecule has 6 nitrogen and oxygen atoms in total. The molecule has 0 unspecified atom stereocenters. The third kappa shape index (κ3) is 3.77. The lowest BCUT2D eigenvalue weighted by Crippen LogP contribution is -2.16. The Bertz CT molecular complexity index is 554. The fraction of sp³-hybridized carbons (Fsp3) is 0.500. The van der Waals surface area contributed by atoms with Crippen molar-refractivity contribution in [2.24, 2.45) is 0 Å². The topological polar surface area (TPSA) is 73.1 Å². The van der Waals surface area contributed by atoms with Crippen LogP contribution in [-0.2, 0) is 13.2 Å². The standard InChI is InChI=1S/C14H20N4O2/c1-4-7-15-8-12-14(6-5-10(2)16-12)19-9-13-11(3)17-20-18-13/h5-6,15H,4,7-9H2,1-3H3. The summed E-state index contributed by atoms with van der Waals surface area (Å²) in [6, 6.07) is 3.88. The zero-order valence-corrected chi connectivity index (χ0v) is 12.1. The summed E-state index contributed by atoms with van der Waals surface area (Å²) in [7, 11) is 0. The van der Waals surface area contributed by atoms with E-state index in [-0.39, 0.29) is 0 Å². The van der Waals surface area contributed by atoms with Crippen molar-refractivity contribution in [2.75, 3.05) is 6.54 Å². The van der Waals surface area contributed by atoms with Gasteiger partial charge in [0.05, 0.1) is 5.69 Å². The highest BCUT2D eigenvalue weighted by Crippen LogP contribution is 2.18. The van der Waals surface area contributed by atoms with Crippen LogP contribution in [0.3, 0.4) is 0 Å². The lowest BCUT2D eigenvalue weighted by molar-refractivity contribution is 0.267. The summed E-state index contributed by atoms with van der Waals surface area (Å²) in [5.74, 6) is 0.765. The smallest absolute Gasteiger partial charge is 0.145 e. The Hall–Kier alpha value is -1.95. The molecule has 0 fully saturated rings. The number of aromatic nitrogens is 3. The SMILES string of the molecule is CCCNCc1nc(C)ccc1OCc1nonc1C. The number of hydrogen-bond donors (Lipinski definition) is 1. The Morgan fingerprint density at radius 2 is 2.05 bits per heavy atom. The number of pyridine rings is 1. The van der Waals surface area contributed by atoms with Crippen LogP contribution in [-0.4, -0.2) is 21.8 Å². The molecule has 0 aliphatic rings. The van der Waals surface area contributed by atoms with Crippen LogP contribution in [0.2, 0.25) is 0 Å². The quantitative estimate of drug-likeness (QED) is 0.781. The molecule has 0 spiro atoms. The average Bonchev–Trinajstić information content (AvgIpc) is 2.84. The van der Waals surface area contributed by atoms with Crippen molar-refractivity contribution in [1.29, 1.82) is 0 Å². The van der Waals surface area contributed by atoms with Crippen LogP contribution >= 0.6 is 0 Å². The van der Waals surface area contributed by atoms with Gasteiger partial charge in [-0.2, -0.15) is 0 Å². The van der Waals surface area contributed by atoms with E-state index in [0.29, 0.717) is 18.8 Å². The van der Waals surface area contributed by atoms with E-state index < -0.39 is 0 Å². The highest BCUT2D eigenvalue weighted by Gasteiger charge is 2.09. The maximum Gasteiger partial charge on any atom is 0.145 e. The number of rotatable bonds is 7. The first-order valence-corrected chi connectivity index (χ1v) is 6.78. The molecular formula is C14H20N4O2. The third-order valence-electron chi connectivity index (χ3n) is 2.90. The minimum absolute atomic E-state index is 0.334. The van der Waals surface area contributed by atoms with Crippen molar-refractivity contribution >= 4 is 0 Å². The largest absolute Gasteiger partial charge is 0.485 e. The number of aryl methyl sites for hydroxylation is 2. The van der Waals surface area contributed by atoms with Crippen molar-refractivity contribution in [3.8, 4) is 5.75 Å². The number of hydrogen-bond acceptors (Lipinski definition) is 6. The van der Waals surface area contributed by atoms with Gasteiger partial charge in [0, 0.05) is 12.2 Å². The van der Waals surface area contributed by atoms with Gasteiger partial charge in [-0.15, -0.1) is 0 Å². The van der Waals surface area contributed by atoms with Crippen molar-refractivity contribution in [2.45, 2.75) is 40.3 Å². The Morgan fingerprint density at radius 1 is 1.20 bits per heavy atom. The van der Waals surface area contributed by atoms with Crippen LogP contribution in [0.25, 0.3) is 0 Å². The average molecular weight is 276 g/mol. The molecule has 0 aliphatic heterocycles. The summed E-state index contributed by atoms with van der Waals surface area (Å²) in [6.07, 6.45) is 1.09. The van der Waals surface area contributed by atoms with E-state index >= 15 is 0 Å². The molecule has 108 valence electrons. The van der Waals surface area contributed by atoms with Gasteiger partial charge in [0.15, 0.2) is 0 Å². The van der Waals surface area contributed by atoms with Crippen molar-refractivity contribution in [3.63, 3.8) is 0 Å². The van der Waals surface area contributed by atoms with Crippen LogP contribution < -0.4 is 10.1 Å².